The van der Waals surface area contributed by atoms with Gasteiger partial charge >= 0.3 is 0 Å². The van der Waals surface area contributed by atoms with Crippen molar-refractivity contribution in [3.63, 3.8) is 0 Å². The van der Waals surface area contributed by atoms with Crippen molar-refractivity contribution in [3.8, 4) is 0 Å². The Kier molecular flexibility index (Phi) is 6.88. The van der Waals surface area contributed by atoms with Crippen LogP contribution < -0.4 is 0 Å². The van der Waals surface area contributed by atoms with Crippen LogP contribution in [0.5, 0.6) is 0 Å². The quantitative estimate of drug-likeness (QED) is 0.688. The van der Waals surface area contributed by atoms with Crippen molar-refractivity contribution in [3.05, 3.63) is 23.3 Å². The van der Waals surface area contributed by atoms with E-state index in [0.29, 0.717) is 0 Å². The predicted molar refractivity (Wildman–Crippen MR) is 94.7 cm³/mol. The molecule has 1 fully saturated rings. The standard InChI is InChI=1S/C20H36O2/c1-15(2)8-7-12-19(5)13-11-17(14-21)20(6,22)18(19)10-9-16(3)4/h8-9,17-18,21-22H,7,10-14H2,1-6H3/t17-,18-,19+,20-/m1/s1. The van der Waals surface area contributed by atoms with E-state index < -0.39 is 5.60 Å². The fourth-order valence-corrected chi connectivity index (χ4v) is 4.10. The van der Waals surface area contributed by atoms with Crippen LogP contribution in [-0.4, -0.2) is 22.4 Å². The summed E-state index contributed by atoms with van der Waals surface area (Å²) in [6, 6.07) is 0. The molecule has 22 heavy (non-hydrogen) atoms. The van der Waals surface area contributed by atoms with E-state index in [-0.39, 0.29) is 23.9 Å². The largest absolute Gasteiger partial charge is 0.396 e. The molecule has 1 aliphatic rings. The van der Waals surface area contributed by atoms with E-state index in [1.54, 1.807) is 0 Å². The zero-order chi connectivity index (χ0) is 17.0. The molecule has 1 rings (SSSR count). The minimum absolute atomic E-state index is 0.000379. The summed E-state index contributed by atoms with van der Waals surface area (Å²) < 4.78 is 0. The third kappa shape index (κ3) is 4.70. The third-order valence-corrected chi connectivity index (χ3v) is 5.69. The smallest absolute Gasteiger partial charge is 0.0705 e. The minimum atomic E-state index is -0.793. The van der Waals surface area contributed by atoms with Gasteiger partial charge < -0.3 is 10.2 Å². The van der Waals surface area contributed by atoms with Crippen molar-refractivity contribution in [2.24, 2.45) is 17.3 Å². The molecule has 4 atom stereocenters. The van der Waals surface area contributed by atoms with Crippen molar-refractivity contribution in [1.82, 2.24) is 0 Å². The summed E-state index contributed by atoms with van der Waals surface area (Å²) in [5.41, 5.74) is 2.00. The number of aliphatic hydroxyl groups is 2. The Labute approximate surface area is 137 Å². The van der Waals surface area contributed by atoms with E-state index in [1.165, 1.54) is 11.1 Å². The summed E-state index contributed by atoms with van der Waals surface area (Å²) in [7, 11) is 0. The van der Waals surface area contributed by atoms with Gasteiger partial charge in [0.05, 0.1) is 5.60 Å². The highest BCUT2D eigenvalue weighted by Crippen LogP contribution is 2.53. The molecule has 0 aromatic heterocycles. The van der Waals surface area contributed by atoms with Crippen molar-refractivity contribution in [2.75, 3.05) is 6.61 Å². The zero-order valence-corrected chi connectivity index (χ0v) is 15.4. The molecule has 0 aromatic rings. The van der Waals surface area contributed by atoms with Crippen molar-refractivity contribution in [2.45, 2.75) is 79.2 Å². The van der Waals surface area contributed by atoms with Gasteiger partial charge in [-0.05, 0) is 78.1 Å². The van der Waals surface area contributed by atoms with Gasteiger partial charge in [-0.2, -0.15) is 0 Å². The van der Waals surface area contributed by atoms with Gasteiger partial charge in [0.1, 0.15) is 0 Å². The molecule has 0 aromatic carbocycles. The molecule has 0 amide bonds. The first-order chi connectivity index (χ1) is 10.1. The Balaban J connectivity index is 3.01. The second-order valence-electron chi connectivity index (χ2n) is 8.19. The van der Waals surface area contributed by atoms with Crippen molar-refractivity contribution >= 4 is 0 Å². The maximum absolute atomic E-state index is 11.1. The summed E-state index contributed by atoms with van der Waals surface area (Å²) in [5, 5.41) is 20.8. The van der Waals surface area contributed by atoms with Gasteiger partial charge in [-0.1, -0.05) is 30.2 Å². The lowest BCUT2D eigenvalue weighted by molar-refractivity contribution is -0.146. The van der Waals surface area contributed by atoms with Crippen molar-refractivity contribution < 1.29 is 10.2 Å². The molecule has 0 bridgehead atoms. The lowest BCUT2D eigenvalue weighted by Gasteiger charge is -2.53. The molecule has 2 nitrogen and oxygen atoms in total. The van der Waals surface area contributed by atoms with Crippen LogP contribution in [-0.2, 0) is 0 Å². The number of aliphatic hydroxyl groups excluding tert-OH is 1. The molecule has 0 unspecified atom stereocenters. The summed E-state index contributed by atoms with van der Waals surface area (Å²) >= 11 is 0. The fourth-order valence-electron chi connectivity index (χ4n) is 4.10. The van der Waals surface area contributed by atoms with E-state index >= 15 is 0 Å². The second kappa shape index (κ2) is 7.79. The fraction of sp³-hybridized carbons (Fsp3) is 0.800. The van der Waals surface area contributed by atoms with Gasteiger partial charge in [0.15, 0.2) is 0 Å². The van der Waals surface area contributed by atoms with Crippen LogP contribution in [0.3, 0.4) is 0 Å². The molecule has 1 saturated carbocycles. The van der Waals surface area contributed by atoms with Crippen LogP contribution in [0.1, 0.15) is 73.6 Å². The number of rotatable bonds is 6. The Bertz CT molecular complexity index is 411. The van der Waals surface area contributed by atoms with Gasteiger partial charge in [-0.25, -0.2) is 0 Å². The van der Waals surface area contributed by atoms with E-state index in [9.17, 15) is 10.2 Å². The second-order valence-corrected chi connectivity index (χ2v) is 8.19. The maximum Gasteiger partial charge on any atom is 0.0705 e. The summed E-state index contributed by atoms with van der Waals surface area (Å²) in [5.74, 6) is 0.200. The topological polar surface area (TPSA) is 40.5 Å². The van der Waals surface area contributed by atoms with E-state index in [1.807, 2.05) is 6.92 Å². The first kappa shape index (κ1) is 19.4. The molecule has 2 heteroatoms. The van der Waals surface area contributed by atoms with Crippen LogP contribution in [0.15, 0.2) is 23.3 Å². The summed E-state index contributed by atoms with van der Waals surface area (Å²) in [6.07, 6.45) is 9.63. The van der Waals surface area contributed by atoms with Gasteiger partial charge in [-0.15, -0.1) is 0 Å². The zero-order valence-electron chi connectivity index (χ0n) is 15.4. The summed E-state index contributed by atoms with van der Waals surface area (Å²) in [4.78, 5) is 0. The first-order valence-electron chi connectivity index (χ1n) is 8.73. The average molecular weight is 309 g/mol. The molecular formula is C20H36O2. The minimum Gasteiger partial charge on any atom is -0.396 e. The highest BCUT2D eigenvalue weighted by atomic mass is 16.3. The Hall–Kier alpha value is -0.600. The first-order valence-corrected chi connectivity index (χ1v) is 8.73. The normalized spacial score (nSPS) is 35.1. The predicted octanol–water partition coefficient (Wildman–Crippen LogP) is 4.86. The average Bonchev–Trinajstić information content (AvgIpc) is 2.37. The van der Waals surface area contributed by atoms with Crippen LogP contribution in [0.4, 0.5) is 0 Å². The van der Waals surface area contributed by atoms with Gasteiger partial charge in [0.25, 0.3) is 0 Å². The number of hydrogen-bond acceptors (Lipinski definition) is 2. The van der Waals surface area contributed by atoms with Crippen LogP contribution in [0.2, 0.25) is 0 Å². The molecule has 0 aliphatic heterocycles. The third-order valence-electron chi connectivity index (χ3n) is 5.69. The van der Waals surface area contributed by atoms with Crippen LogP contribution >= 0.6 is 0 Å². The van der Waals surface area contributed by atoms with Gasteiger partial charge in [0, 0.05) is 12.5 Å². The molecule has 128 valence electrons. The molecule has 1 aliphatic carbocycles. The monoisotopic (exact) mass is 308 g/mol. The molecule has 0 heterocycles. The number of allylic oxidation sites excluding steroid dienone is 4. The SMILES string of the molecule is CC(C)=CCC[C@@]1(C)CC[C@H](CO)[C@@](C)(O)[C@@H]1CC=C(C)C. The molecular weight excluding hydrogens is 272 g/mol. The maximum atomic E-state index is 11.1. The molecule has 0 spiro atoms. The van der Waals surface area contributed by atoms with E-state index in [4.69, 9.17) is 0 Å². The van der Waals surface area contributed by atoms with Gasteiger partial charge in [-0.3, -0.25) is 0 Å². The van der Waals surface area contributed by atoms with Crippen molar-refractivity contribution in [1.29, 1.82) is 0 Å². The van der Waals surface area contributed by atoms with Crippen LogP contribution in [0, 0.1) is 17.3 Å². The van der Waals surface area contributed by atoms with E-state index in [0.717, 1.165) is 32.1 Å². The van der Waals surface area contributed by atoms with E-state index in [2.05, 4.69) is 46.8 Å². The Morgan fingerprint density at radius 2 is 1.68 bits per heavy atom. The molecule has 2 N–H and O–H groups in total. The Morgan fingerprint density at radius 1 is 1.09 bits per heavy atom. The van der Waals surface area contributed by atoms with Gasteiger partial charge in [0.2, 0.25) is 0 Å². The highest BCUT2D eigenvalue weighted by Gasteiger charge is 2.51. The Morgan fingerprint density at radius 3 is 2.18 bits per heavy atom. The lowest BCUT2D eigenvalue weighted by atomic mass is 9.55. The van der Waals surface area contributed by atoms with Crippen LogP contribution in [0.25, 0.3) is 0 Å². The highest BCUT2D eigenvalue weighted by molar-refractivity contribution is 5.07. The lowest BCUT2D eigenvalue weighted by Crippen LogP contribution is -2.54. The summed E-state index contributed by atoms with van der Waals surface area (Å²) in [6.45, 7) is 12.9. The molecule has 0 radical (unpaired) electrons. The molecule has 0 saturated heterocycles. The number of hydrogen-bond donors (Lipinski definition) is 2.